The molecule has 0 saturated heterocycles. The minimum atomic E-state index is -0.202. The lowest BCUT2D eigenvalue weighted by Crippen LogP contribution is -2.40. The Morgan fingerprint density at radius 2 is 1.97 bits per heavy atom. The van der Waals surface area contributed by atoms with Gasteiger partial charge in [0.05, 0.1) is 6.10 Å². The molecule has 3 aliphatic rings. The van der Waals surface area contributed by atoms with E-state index in [1.165, 1.54) is 56.1 Å². The Morgan fingerprint density at radius 3 is 2.69 bits per heavy atom. The molecule has 164 valence electrons. The molecule has 6 atom stereocenters. The first-order chi connectivity index (χ1) is 13.7. The summed E-state index contributed by atoms with van der Waals surface area (Å²) in [7, 11) is 0. The van der Waals surface area contributed by atoms with E-state index in [-0.39, 0.29) is 6.10 Å². The second kappa shape index (κ2) is 9.52. The molecule has 3 saturated carbocycles. The van der Waals surface area contributed by atoms with Gasteiger partial charge in [-0.3, -0.25) is 0 Å². The first-order valence-corrected chi connectivity index (χ1v) is 12.2. The normalized spacial score (nSPS) is 39.3. The summed E-state index contributed by atoms with van der Waals surface area (Å²) < 4.78 is 0. The van der Waals surface area contributed by atoms with E-state index in [2.05, 4.69) is 46.4 Å². The van der Waals surface area contributed by atoms with Crippen LogP contribution >= 0.6 is 0 Å². The molecule has 3 rings (SSSR count). The smallest absolute Gasteiger partial charge is 0.0583 e. The van der Waals surface area contributed by atoms with Crippen LogP contribution in [0.3, 0.4) is 0 Å². The highest BCUT2D eigenvalue weighted by atomic mass is 16.3. The highest BCUT2D eigenvalue weighted by molar-refractivity contribution is 5.36. The van der Waals surface area contributed by atoms with Crippen molar-refractivity contribution >= 4 is 0 Å². The van der Waals surface area contributed by atoms with Crippen molar-refractivity contribution in [2.24, 2.45) is 34.8 Å². The highest BCUT2D eigenvalue weighted by Gasteiger charge is 2.54. The fourth-order valence-electron chi connectivity index (χ4n) is 6.80. The van der Waals surface area contributed by atoms with Crippen LogP contribution in [0.4, 0.5) is 0 Å². The van der Waals surface area contributed by atoms with Gasteiger partial charge in [-0.15, -0.1) is 0 Å². The number of nitrogens with two attached hydrogens (primary N) is 1. The van der Waals surface area contributed by atoms with Gasteiger partial charge in [-0.25, -0.2) is 0 Å². The summed E-state index contributed by atoms with van der Waals surface area (Å²) in [6.45, 7) is 13.9. The molecule has 0 heterocycles. The van der Waals surface area contributed by atoms with Crippen molar-refractivity contribution in [1.29, 1.82) is 0 Å². The molecule has 0 aromatic heterocycles. The molecular formula is C27H45NO. The zero-order valence-corrected chi connectivity index (χ0v) is 19.4. The molecule has 2 nitrogen and oxygen atoms in total. The number of rotatable bonds is 6. The van der Waals surface area contributed by atoms with E-state index >= 15 is 0 Å². The molecule has 0 spiro atoms. The van der Waals surface area contributed by atoms with Gasteiger partial charge in [0.15, 0.2) is 0 Å². The van der Waals surface area contributed by atoms with E-state index in [1.54, 1.807) is 5.57 Å². The Labute approximate surface area is 179 Å². The minimum absolute atomic E-state index is 0.202. The van der Waals surface area contributed by atoms with Crippen LogP contribution in [-0.4, -0.2) is 17.3 Å². The van der Waals surface area contributed by atoms with Crippen LogP contribution in [0.5, 0.6) is 0 Å². The highest BCUT2D eigenvalue weighted by Crippen LogP contribution is 2.59. The van der Waals surface area contributed by atoms with Crippen molar-refractivity contribution in [3.05, 3.63) is 35.5 Å². The molecule has 3 fully saturated rings. The Bertz CT molecular complexity index is 645. The van der Waals surface area contributed by atoms with Crippen LogP contribution in [0.25, 0.3) is 0 Å². The summed E-state index contributed by atoms with van der Waals surface area (Å²) in [5.74, 6) is 2.84. The first-order valence-electron chi connectivity index (χ1n) is 12.2. The third-order valence-electron chi connectivity index (χ3n) is 8.41. The van der Waals surface area contributed by atoms with Crippen LogP contribution in [0.15, 0.2) is 35.5 Å². The molecule has 0 amide bonds. The Kier molecular flexibility index (Phi) is 7.49. The van der Waals surface area contributed by atoms with Gasteiger partial charge in [-0.1, -0.05) is 76.8 Å². The van der Waals surface area contributed by atoms with Gasteiger partial charge in [-0.05, 0) is 73.7 Å². The molecule has 0 radical (unpaired) electrons. The maximum Gasteiger partial charge on any atom is 0.0583 e. The lowest BCUT2D eigenvalue weighted by atomic mass is 9.60. The maximum absolute atomic E-state index is 10.0. The molecule has 0 aromatic carbocycles. The summed E-state index contributed by atoms with van der Waals surface area (Å²) in [5, 5.41) is 10.0. The summed E-state index contributed by atoms with van der Waals surface area (Å²) in [6, 6.07) is 0.294. The maximum atomic E-state index is 10.0. The number of hydrogen-bond acceptors (Lipinski definition) is 2. The predicted molar refractivity (Wildman–Crippen MR) is 125 cm³/mol. The minimum Gasteiger partial charge on any atom is -0.393 e. The molecule has 0 unspecified atom stereocenters. The standard InChI is InChI=1S/C27H45NO/c1-18(2)8-6-9-20(4)24-17-25(28)26-21(10-7-15-27(24,26)5)12-13-22-16-23(29)14-11-19(22)3/h12-13,18,20,23-26,29H,3,6-11,14-17,28H2,1-2,4-5H3/b21-12+,22-13+/t20-,23+,24-,25+,26-,27-/m1/s1. The first kappa shape index (κ1) is 22.8. The number of fused-ring (bicyclic) bond motifs is 1. The Hall–Kier alpha value is -0.860. The van der Waals surface area contributed by atoms with Gasteiger partial charge in [0.1, 0.15) is 0 Å². The van der Waals surface area contributed by atoms with Crippen molar-refractivity contribution in [1.82, 2.24) is 0 Å². The van der Waals surface area contributed by atoms with Crippen LogP contribution in [0.1, 0.15) is 91.9 Å². The van der Waals surface area contributed by atoms with Crippen molar-refractivity contribution in [3.63, 3.8) is 0 Å². The second-order valence-corrected chi connectivity index (χ2v) is 11.1. The average molecular weight is 400 g/mol. The van der Waals surface area contributed by atoms with E-state index in [1.807, 2.05) is 0 Å². The number of aliphatic hydroxyl groups excluding tert-OH is 1. The predicted octanol–water partition coefficient (Wildman–Crippen LogP) is 6.56. The molecule has 3 aliphatic carbocycles. The van der Waals surface area contributed by atoms with Gasteiger partial charge in [-0.2, -0.15) is 0 Å². The van der Waals surface area contributed by atoms with Crippen LogP contribution in [0.2, 0.25) is 0 Å². The van der Waals surface area contributed by atoms with E-state index < -0.39 is 0 Å². The zero-order chi connectivity index (χ0) is 21.2. The summed E-state index contributed by atoms with van der Waals surface area (Å²) >= 11 is 0. The Balaban J connectivity index is 1.76. The quantitative estimate of drug-likeness (QED) is 0.531. The van der Waals surface area contributed by atoms with Gasteiger partial charge >= 0.3 is 0 Å². The van der Waals surface area contributed by atoms with E-state index in [0.717, 1.165) is 37.0 Å². The van der Waals surface area contributed by atoms with E-state index in [9.17, 15) is 5.11 Å². The van der Waals surface area contributed by atoms with Gasteiger partial charge in [0.25, 0.3) is 0 Å². The molecule has 3 N–H and O–H groups in total. The van der Waals surface area contributed by atoms with Crippen LogP contribution in [0, 0.1) is 29.1 Å². The average Bonchev–Trinajstić information content (AvgIpc) is 2.93. The third kappa shape index (κ3) is 5.07. The molecule has 0 aliphatic heterocycles. The fourth-order valence-corrected chi connectivity index (χ4v) is 6.80. The van der Waals surface area contributed by atoms with Crippen LogP contribution in [-0.2, 0) is 0 Å². The van der Waals surface area contributed by atoms with Gasteiger partial charge in [0, 0.05) is 12.0 Å². The number of aliphatic hydroxyl groups is 1. The molecule has 29 heavy (non-hydrogen) atoms. The molecule has 0 aromatic rings. The second-order valence-electron chi connectivity index (χ2n) is 11.1. The topological polar surface area (TPSA) is 46.2 Å². The van der Waals surface area contributed by atoms with Crippen molar-refractivity contribution < 1.29 is 5.11 Å². The molecular weight excluding hydrogens is 354 g/mol. The summed E-state index contributed by atoms with van der Waals surface area (Å²) in [5.41, 5.74) is 11.2. The number of hydrogen-bond donors (Lipinski definition) is 2. The van der Waals surface area contributed by atoms with Crippen molar-refractivity contribution in [3.8, 4) is 0 Å². The van der Waals surface area contributed by atoms with Crippen LogP contribution < -0.4 is 5.73 Å². The van der Waals surface area contributed by atoms with E-state index in [0.29, 0.717) is 17.4 Å². The summed E-state index contributed by atoms with van der Waals surface area (Å²) in [4.78, 5) is 0. The lowest BCUT2D eigenvalue weighted by Gasteiger charge is -2.45. The SMILES string of the molecule is C=C1CC[C@H](O)C/C1=C\C=C1/CCC[C@]2(C)[C@@H]([C@H](C)CCCC(C)C)C[C@H](N)[C@@H]12. The monoisotopic (exact) mass is 399 g/mol. The summed E-state index contributed by atoms with van der Waals surface area (Å²) in [6.07, 6.45) is 16.0. The van der Waals surface area contributed by atoms with Crippen molar-refractivity contribution in [2.75, 3.05) is 0 Å². The van der Waals surface area contributed by atoms with E-state index in [4.69, 9.17) is 5.73 Å². The molecule has 2 heteroatoms. The number of allylic oxidation sites excluding steroid dienone is 3. The third-order valence-corrected chi connectivity index (χ3v) is 8.41. The largest absolute Gasteiger partial charge is 0.393 e. The lowest BCUT2D eigenvalue weighted by molar-refractivity contribution is 0.0913. The molecule has 0 bridgehead atoms. The van der Waals surface area contributed by atoms with Gasteiger partial charge < -0.3 is 10.8 Å². The van der Waals surface area contributed by atoms with Crippen molar-refractivity contribution in [2.45, 2.75) is 104 Å². The fraction of sp³-hybridized carbons (Fsp3) is 0.778. The Morgan fingerprint density at radius 1 is 1.21 bits per heavy atom. The zero-order valence-electron chi connectivity index (χ0n) is 19.4. The van der Waals surface area contributed by atoms with Gasteiger partial charge in [0.2, 0.25) is 0 Å².